The molecule has 0 radical (unpaired) electrons. The number of fused-ring (bicyclic) bond motifs is 1. The second kappa shape index (κ2) is 8.23. The Morgan fingerprint density at radius 2 is 2.08 bits per heavy atom. The molecule has 6 nitrogen and oxygen atoms in total. The average Bonchev–Trinajstić information content (AvgIpc) is 3.02. The van der Waals surface area contributed by atoms with Crippen molar-refractivity contribution in [3.63, 3.8) is 0 Å². The molecular formula is C19H24FN5O. The van der Waals surface area contributed by atoms with E-state index >= 15 is 0 Å². The fourth-order valence-electron chi connectivity index (χ4n) is 3.25. The molecule has 3 rings (SSSR count). The van der Waals surface area contributed by atoms with Gasteiger partial charge in [0, 0.05) is 24.3 Å². The monoisotopic (exact) mass is 357 g/mol. The topological polar surface area (TPSA) is 92.9 Å². The number of carbonyl (C=O) groups is 1. The second-order valence-electron chi connectivity index (χ2n) is 6.68. The van der Waals surface area contributed by atoms with Gasteiger partial charge in [-0.1, -0.05) is 19.1 Å². The molecule has 0 spiro atoms. The molecule has 1 amide bonds. The lowest BCUT2D eigenvalue weighted by atomic mass is 10.1. The summed E-state index contributed by atoms with van der Waals surface area (Å²) in [6.45, 7) is 3.19. The van der Waals surface area contributed by atoms with Crippen molar-refractivity contribution in [2.75, 3.05) is 18.4 Å². The van der Waals surface area contributed by atoms with E-state index < -0.39 is 6.04 Å². The molecule has 2 atom stereocenters. The van der Waals surface area contributed by atoms with Crippen molar-refractivity contribution in [1.29, 1.82) is 0 Å². The Balaban J connectivity index is 1.44. The van der Waals surface area contributed by atoms with Gasteiger partial charge in [0.25, 0.3) is 0 Å². The van der Waals surface area contributed by atoms with Gasteiger partial charge in [-0.3, -0.25) is 4.79 Å². The van der Waals surface area contributed by atoms with Crippen LogP contribution in [0.15, 0.2) is 30.6 Å². The lowest BCUT2D eigenvalue weighted by Gasteiger charge is -2.14. The molecule has 1 aliphatic carbocycles. The van der Waals surface area contributed by atoms with Crippen molar-refractivity contribution in [1.82, 2.24) is 15.3 Å². The number of nitrogens with one attached hydrogen (secondary N) is 2. The summed E-state index contributed by atoms with van der Waals surface area (Å²) in [5.41, 5.74) is 9.06. The molecule has 1 aromatic heterocycles. The van der Waals surface area contributed by atoms with E-state index in [2.05, 4.69) is 27.5 Å². The summed E-state index contributed by atoms with van der Waals surface area (Å²) in [4.78, 5) is 20.8. The zero-order valence-electron chi connectivity index (χ0n) is 14.8. The van der Waals surface area contributed by atoms with Crippen molar-refractivity contribution in [2.24, 2.45) is 5.73 Å². The van der Waals surface area contributed by atoms with Crippen LogP contribution in [0.1, 0.15) is 36.1 Å². The van der Waals surface area contributed by atoms with E-state index in [0.717, 1.165) is 29.9 Å². The first-order chi connectivity index (χ1) is 12.5. The minimum absolute atomic E-state index is 0.225. The molecule has 138 valence electrons. The number of rotatable bonds is 7. The highest BCUT2D eigenvalue weighted by molar-refractivity contribution is 5.81. The summed E-state index contributed by atoms with van der Waals surface area (Å²) in [6, 6.07) is 5.35. The number of aryl methyl sites for hydroxylation is 1. The SMILES string of the molecule is C[C@@H]1CCc2ncnc(NCCNC(=O)C(N)Cc3ccc(F)cc3)c21. The van der Waals surface area contributed by atoms with Crippen LogP contribution in [0.25, 0.3) is 0 Å². The van der Waals surface area contributed by atoms with Crippen LogP contribution in [0.2, 0.25) is 0 Å². The number of anilines is 1. The molecular weight excluding hydrogens is 333 g/mol. The molecule has 7 heteroatoms. The molecule has 0 aliphatic heterocycles. The zero-order valence-corrected chi connectivity index (χ0v) is 14.8. The summed E-state index contributed by atoms with van der Waals surface area (Å²) >= 11 is 0. The van der Waals surface area contributed by atoms with Gasteiger partial charge in [0.1, 0.15) is 18.0 Å². The van der Waals surface area contributed by atoms with Crippen molar-refractivity contribution in [2.45, 2.75) is 38.1 Å². The van der Waals surface area contributed by atoms with Crippen LogP contribution in [0, 0.1) is 5.82 Å². The van der Waals surface area contributed by atoms with Crippen LogP contribution in [0.5, 0.6) is 0 Å². The van der Waals surface area contributed by atoms with E-state index in [9.17, 15) is 9.18 Å². The van der Waals surface area contributed by atoms with Gasteiger partial charge in [0.2, 0.25) is 5.91 Å². The maximum Gasteiger partial charge on any atom is 0.237 e. The van der Waals surface area contributed by atoms with Crippen molar-refractivity contribution in [3.05, 3.63) is 53.2 Å². The summed E-state index contributed by atoms with van der Waals surface area (Å²) in [5.74, 6) is 0.776. The maximum absolute atomic E-state index is 12.9. The number of carbonyl (C=O) groups excluding carboxylic acids is 1. The predicted octanol–water partition coefficient (Wildman–Crippen LogP) is 1.76. The molecule has 0 saturated carbocycles. The Morgan fingerprint density at radius 3 is 2.85 bits per heavy atom. The Kier molecular flexibility index (Phi) is 5.78. The van der Waals surface area contributed by atoms with Crippen molar-refractivity contribution in [3.8, 4) is 0 Å². The third kappa shape index (κ3) is 4.35. The molecule has 1 aromatic carbocycles. The van der Waals surface area contributed by atoms with Gasteiger partial charge in [-0.25, -0.2) is 14.4 Å². The largest absolute Gasteiger partial charge is 0.368 e. The Hall–Kier alpha value is -2.54. The van der Waals surface area contributed by atoms with Gasteiger partial charge in [-0.2, -0.15) is 0 Å². The Labute approximate surface area is 152 Å². The Bertz CT molecular complexity index is 765. The van der Waals surface area contributed by atoms with Crippen molar-refractivity contribution >= 4 is 11.7 Å². The highest BCUT2D eigenvalue weighted by Gasteiger charge is 2.23. The highest BCUT2D eigenvalue weighted by atomic mass is 19.1. The molecule has 0 fully saturated rings. The molecule has 0 bridgehead atoms. The number of aromatic nitrogens is 2. The fraction of sp³-hybridized carbons (Fsp3) is 0.421. The predicted molar refractivity (Wildman–Crippen MR) is 98.3 cm³/mol. The molecule has 0 saturated heterocycles. The number of halogens is 1. The standard InChI is InChI=1S/C19H24FN5O/c1-12-2-7-16-17(12)18(25-11-24-16)22-8-9-23-19(26)15(21)10-13-3-5-14(20)6-4-13/h3-6,11-12,15H,2,7-10,21H2,1H3,(H,23,26)(H,22,24,25)/t12-,15?/m1/s1. The number of nitrogens with zero attached hydrogens (tertiary/aromatic N) is 2. The summed E-state index contributed by atoms with van der Waals surface area (Å²) in [6.07, 6.45) is 4.03. The van der Waals surface area contributed by atoms with Gasteiger partial charge in [-0.15, -0.1) is 0 Å². The minimum Gasteiger partial charge on any atom is -0.368 e. The van der Waals surface area contributed by atoms with Crippen LogP contribution in [0.3, 0.4) is 0 Å². The lowest BCUT2D eigenvalue weighted by Crippen LogP contribution is -2.43. The lowest BCUT2D eigenvalue weighted by molar-refractivity contribution is -0.122. The first-order valence-electron chi connectivity index (χ1n) is 8.90. The first kappa shape index (κ1) is 18.3. The molecule has 1 unspecified atom stereocenters. The fourth-order valence-corrected chi connectivity index (χ4v) is 3.25. The van der Waals surface area contributed by atoms with Crippen LogP contribution in [0.4, 0.5) is 10.2 Å². The average molecular weight is 357 g/mol. The van der Waals surface area contributed by atoms with E-state index in [1.165, 1.54) is 17.7 Å². The normalized spacial score (nSPS) is 16.8. The van der Waals surface area contributed by atoms with Crippen LogP contribution in [-0.2, 0) is 17.6 Å². The third-order valence-corrected chi connectivity index (χ3v) is 4.70. The van der Waals surface area contributed by atoms with Crippen LogP contribution < -0.4 is 16.4 Å². The van der Waals surface area contributed by atoms with Crippen molar-refractivity contribution < 1.29 is 9.18 Å². The number of nitrogens with two attached hydrogens (primary N) is 1. The van der Waals surface area contributed by atoms with E-state index in [0.29, 0.717) is 25.4 Å². The first-order valence-corrected chi connectivity index (χ1v) is 8.90. The number of benzene rings is 1. The summed E-state index contributed by atoms with van der Waals surface area (Å²) in [5, 5.41) is 6.10. The van der Waals surface area contributed by atoms with Gasteiger partial charge >= 0.3 is 0 Å². The Morgan fingerprint density at radius 1 is 1.31 bits per heavy atom. The zero-order chi connectivity index (χ0) is 18.5. The van der Waals surface area contributed by atoms with Gasteiger partial charge < -0.3 is 16.4 Å². The quantitative estimate of drug-likeness (QED) is 0.657. The van der Waals surface area contributed by atoms with E-state index in [4.69, 9.17) is 5.73 Å². The third-order valence-electron chi connectivity index (χ3n) is 4.70. The van der Waals surface area contributed by atoms with Gasteiger partial charge in [0.15, 0.2) is 0 Å². The van der Waals surface area contributed by atoms with E-state index in [1.54, 1.807) is 18.5 Å². The maximum atomic E-state index is 12.9. The number of amides is 1. The molecule has 26 heavy (non-hydrogen) atoms. The summed E-state index contributed by atoms with van der Waals surface area (Å²) in [7, 11) is 0. The van der Waals surface area contributed by atoms with Crippen LogP contribution >= 0.6 is 0 Å². The van der Waals surface area contributed by atoms with Gasteiger partial charge in [-0.05, 0) is 42.9 Å². The van der Waals surface area contributed by atoms with E-state index in [-0.39, 0.29) is 11.7 Å². The minimum atomic E-state index is -0.663. The van der Waals surface area contributed by atoms with E-state index in [1.807, 2.05) is 0 Å². The second-order valence-corrected chi connectivity index (χ2v) is 6.68. The highest BCUT2D eigenvalue weighted by Crippen LogP contribution is 2.35. The molecule has 1 aliphatic rings. The van der Waals surface area contributed by atoms with Crippen LogP contribution in [-0.4, -0.2) is 35.0 Å². The molecule has 1 heterocycles. The molecule has 4 N–H and O–H groups in total. The summed E-state index contributed by atoms with van der Waals surface area (Å²) < 4.78 is 12.9. The van der Waals surface area contributed by atoms with Gasteiger partial charge in [0.05, 0.1) is 6.04 Å². The number of hydrogen-bond donors (Lipinski definition) is 3. The smallest absolute Gasteiger partial charge is 0.237 e. The number of hydrogen-bond acceptors (Lipinski definition) is 5. The molecule has 2 aromatic rings.